The fourth-order valence-corrected chi connectivity index (χ4v) is 2.38. The van der Waals surface area contributed by atoms with Crippen LogP contribution in [0.1, 0.15) is 41.8 Å². The molecule has 0 radical (unpaired) electrons. The molecule has 0 aromatic heterocycles. The molecule has 0 spiro atoms. The third-order valence-corrected chi connectivity index (χ3v) is 3.67. The van der Waals surface area contributed by atoms with E-state index in [-0.39, 0.29) is 11.3 Å². The molecule has 1 N–H and O–H groups in total. The van der Waals surface area contributed by atoms with E-state index in [0.717, 1.165) is 11.3 Å². The van der Waals surface area contributed by atoms with Crippen molar-refractivity contribution in [3.05, 3.63) is 75.3 Å². The molecule has 25 heavy (non-hydrogen) atoms. The summed E-state index contributed by atoms with van der Waals surface area (Å²) in [6.07, 6.45) is 0.707. The van der Waals surface area contributed by atoms with E-state index >= 15 is 0 Å². The number of hydrazone groups is 1. The van der Waals surface area contributed by atoms with Gasteiger partial charge >= 0.3 is 0 Å². The summed E-state index contributed by atoms with van der Waals surface area (Å²) in [7, 11) is 0. The van der Waals surface area contributed by atoms with Crippen LogP contribution in [0.5, 0.6) is 0 Å². The number of nitro groups is 1. The molecule has 0 heterocycles. The minimum absolute atomic E-state index is 0.0814. The zero-order valence-corrected chi connectivity index (χ0v) is 14.5. The first-order valence-electron chi connectivity index (χ1n) is 8.06. The van der Waals surface area contributed by atoms with Crippen molar-refractivity contribution in [3.8, 4) is 0 Å². The minimum atomic E-state index is -0.496. The molecule has 0 bridgehead atoms. The normalized spacial score (nSPS) is 11.4. The number of nitro benzene ring substituents is 1. The molecule has 130 valence electrons. The molecule has 1 amide bonds. The van der Waals surface area contributed by atoms with Gasteiger partial charge in [0, 0.05) is 17.2 Å². The fraction of sp³-hybridized carbons (Fsp3) is 0.263. The molecular formula is C19H21N3O3. The lowest BCUT2D eigenvalue weighted by atomic mass is 10.0. The predicted molar refractivity (Wildman–Crippen MR) is 97.7 cm³/mol. The number of carbonyl (C=O) groups excluding carboxylic acids is 1. The van der Waals surface area contributed by atoms with Gasteiger partial charge in [0.05, 0.1) is 10.6 Å². The van der Waals surface area contributed by atoms with Crippen LogP contribution in [0, 0.1) is 23.0 Å². The standard InChI is InChI=1S/C19H21N3O3/c1-13(2)11-17(15-7-5-4-6-8-15)20-21-19(23)16-10-9-14(3)18(12-16)22(24)25/h4-10,12-13H,11H2,1-3H3,(H,21,23)/b20-17-. The average molecular weight is 339 g/mol. The van der Waals surface area contributed by atoms with Gasteiger partial charge in [-0.2, -0.15) is 5.10 Å². The Morgan fingerprint density at radius 2 is 1.84 bits per heavy atom. The number of hydrogen-bond acceptors (Lipinski definition) is 4. The summed E-state index contributed by atoms with van der Waals surface area (Å²) >= 11 is 0. The van der Waals surface area contributed by atoms with Crippen molar-refractivity contribution in [2.24, 2.45) is 11.0 Å². The SMILES string of the molecule is Cc1ccc(C(=O)N/N=C(/CC(C)C)c2ccccc2)cc1[N+](=O)[O-]. The summed E-state index contributed by atoms with van der Waals surface area (Å²) in [4.78, 5) is 22.8. The highest BCUT2D eigenvalue weighted by atomic mass is 16.6. The van der Waals surface area contributed by atoms with E-state index in [2.05, 4.69) is 24.4 Å². The Labute approximate surface area is 146 Å². The van der Waals surface area contributed by atoms with Crippen molar-refractivity contribution in [2.75, 3.05) is 0 Å². The molecule has 2 aromatic rings. The second-order valence-corrected chi connectivity index (χ2v) is 6.22. The highest BCUT2D eigenvalue weighted by Gasteiger charge is 2.15. The summed E-state index contributed by atoms with van der Waals surface area (Å²) in [6, 6.07) is 14.0. The van der Waals surface area contributed by atoms with E-state index in [1.165, 1.54) is 6.07 Å². The first kappa shape index (κ1) is 18.3. The van der Waals surface area contributed by atoms with Crippen molar-refractivity contribution in [2.45, 2.75) is 27.2 Å². The quantitative estimate of drug-likeness (QED) is 0.489. The molecule has 0 atom stereocenters. The highest BCUT2D eigenvalue weighted by Crippen LogP contribution is 2.19. The number of benzene rings is 2. The summed E-state index contributed by atoms with van der Waals surface area (Å²) in [6.45, 7) is 5.78. The van der Waals surface area contributed by atoms with Crippen LogP contribution in [0.25, 0.3) is 0 Å². The van der Waals surface area contributed by atoms with E-state index in [1.807, 2.05) is 30.3 Å². The zero-order chi connectivity index (χ0) is 18.4. The Hall–Kier alpha value is -3.02. The van der Waals surface area contributed by atoms with Gasteiger partial charge in [0.15, 0.2) is 0 Å². The molecule has 0 fully saturated rings. The Morgan fingerprint density at radius 1 is 1.16 bits per heavy atom. The van der Waals surface area contributed by atoms with Crippen LogP contribution in [0.15, 0.2) is 53.6 Å². The topological polar surface area (TPSA) is 84.6 Å². The van der Waals surface area contributed by atoms with Crippen LogP contribution in [0.2, 0.25) is 0 Å². The van der Waals surface area contributed by atoms with Gasteiger partial charge in [-0.15, -0.1) is 0 Å². The molecular weight excluding hydrogens is 318 g/mol. The van der Waals surface area contributed by atoms with Crippen molar-refractivity contribution in [1.29, 1.82) is 0 Å². The Kier molecular flexibility index (Phi) is 6.00. The Morgan fingerprint density at radius 3 is 2.44 bits per heavy atom. The molecule has 2 aromatic carbocycles. The van der Waals surface area contributed by atoms with Gasteiger partial charge in [0.1, 0.15) is 0 Å². The van der Waals surface area contributed by atoms with Gasteiger partial charge in [0.25, 0.3) is 11.6 Å². The van der Waals surface area contributed by atoms with E-state index in [1.54, 1.807) is 19.1 Å². The second-order valence-electron chi connectivity index (χ2n) is 6.22. The van der Waals surface area contributed by atoms with Crippen LogP contribution in [-0.4, -0.2) is 16.5 Å². The van der Waals surface area contributed by atoms with Crippen LogP contribution >= 0.6 is 0 Å². The van der Waals surface area contributed by atoms with E-state index in [9.17, 15) is 14.9 Å². The maximum absolute atomic E-state index is 12.3. The Bertz CT molecular complexity index is 799. The molecule has 0 aliphatic heterocycles. The van der Waals surface area contributed by atoms with Gasteiger partial charge in [-0.25, -0.2) is 5.43 Å². The third-order valence-electron chi connectivity index (χ3n) is 3.67. The van der Waals surface area contributed by atoms with Crippen molar-refractivity contribution >= 4 is 17.3 Å². The smallest absolute Gasteiger partial charge is 0.267 e. The van der Waals surface area contributed by atoms with Crippen LogP contribution in [-0.2, 0) is 0 Å². The van der Waals surface area contributed by atoms with Crippen LogP contribution in [0.3, 0.4) is 0 Å². The number of hydrogen-bond donors (Lipinski definition) is 1. The number of carbonyl (C=O) groups is 1. The van der Waals surface area contributed by atoms with Crippen molar-refractivity contribution in [3.63, 3.8) is 0 Å². The molecule has 0 saturated carbocycles. The van der Waals surface area contributed by atoms with E-state index in [4.69, 9.17) is 0 Å². The number of rotatable bonds is 6. The molecule has 0 aliphatic carbocycles. The zero-order valence-electron chi connectivity index (χ0n) is 14.5. The molecule has 0 saturated heterocycles. The van der Waals surface area contributed by atoms with Crippen LogP contribution < -0.4 is 5.43 Å². The maximum Gasteiger partial charge on any atom is 0.273 e. The van der Waals surface area contributed by atoms with Gasteiger partial charge < -0.3 is 0 Å². The monoisotopic (exact) mass is 339 g/mol. The number of aryl methyl sites for hydroxylation is 1. The lowest BCUT2D eigenvalue weighted by molar-refractivity contribution is -0.385. The van der Waals surface area contributed by atoms with E-state index < -0.39 is 10.8 Å². The molecule has 0 unspecified atom stereocenters. The van der Waals surface area contributed by atoms with Gasteiger partial charge in [-0.05, 0) is 30.9 Å². The summed E-state index contributed by atoms with van der Waals surface area (Å²) < 4.78 is 0. The Balaban J connectivity index is 2.24. The highest BCUT2D eigenvalue weighted by molar-refractivity contribution is 6.02. The van der Waals surface area contributed by atoms with Crippen molar-refractivity contribution < 1.29 is 9.72 Å². The maximum atomic E-state index is 12.3. The first-order valence-corrected chi connectivity index (χ1v) is 8.06. The largest absolute Gasteiger partial charge is 0.273 e. The lowest BCUT2D eigenvalue weighted by Crippen LogP contribution is -2.21. The first-order chi connectivity index (χ1) is 11.9. The minimum Gasteiger partial charge on any atom is -0.267 e. The number of amides is 1. The lowest BCUT2D eigenvalue weighted by Gasteiger charge is -2.10. The second kappa shape index (κ2) is 8.19. The van der Waals surface area contributed by atoms with Gasteiger partial charge in [0.2, 0.25) is 0 Å². The molecule has 2 rings (SSSR count). The third kappa shape index (κ3) is 4.97. The predicted octanol–water partition coefficient (Wildman–Crippen LogP) is 4.08. The average Bonchev–Trinajstić information content (AvgIpc) is 2.59. The van der Waals surface area contributed by atoms with Crippen molar-refractivity contribution in [1.82, 2.24) is 5.43 Å². The van der Waals surface area contributed by atoms with E-state index in [0.29, 0.717) is 17.9 Å². The van der Waals surface area contributed by atoms with Crippen LogP contribution in [0.4, 0.5) is 5.69 Å². The molecule has 0 aliphatic rings. The molecule has 6 heteroatoms. The van der Waals surface area contributed by atoms with Gasteiger partial charge in [-0.3, -0.25) is 14.9 Å². The summed E-state index contributed by atoms with van der Waals surface area (Å²) in [5.74, 6) is -0.100. The number of nitrogens with zero attached hydrogens (tertiary/aromatic N) is 2. The molecule has 6 nitrogen and oxygen atoms in total. The number of nitrogens with one attached hydrogen (secondary N) is 1. The fourth-order valence-electron chi connectivity index (χ4n) is 2.38. The summed E-state index contributed by atoms with van der Waals surface area (Å²) in [5.41, 5.74) is 4.85. The summed E-state index contributed by atoms with van der Waals surface area (Å²) in [5, 5.41) is 15.3. The van der Waals surface area contributed by atoms with Gasteiger partial charge in [-0.1, -0.05) is 50.2 Å².